The average molecular weight is 280 g/mol. The number of unbranched alkanes of at least 4 members (excludes halogenated alkanes) is 1. The minimum Gasteiger partial charge on any atom is -0.399 e. The Morgan fingerprint density at radius 2 is 1.62 bits per heavy atom. The van der Waals surface area contributed by atoms with Crippen molar-refractivity contribution in [3.63, 3.8) is 0 Å². The van der Waals surface area contributed by atoms with Crippen molar-refractivity contribution in [1.29, 1.82) is 0 Å². The molecule has 0 atom stereocenters. The Kier molecular flexibility index (Phi) is 5.16. The number of hydrogen-bond acceptors (Lipinski definition) is 2. The molecule has 3 N–H and O–H groups in total. The highest BCUT2D eigenvalue weighted by Gasteiger charge is 2.02. The average Bonchev–Trinajstić information content (AvgIpc) is 2.49. The Hall–Kier alpha value is -2.55. The predicted molar refractivity (Wildman–Crippen MR) is 89.0 cm³/mol. The predicted octanol–water partition coefficient (Wildman–Crippen LogP) is 4.23. The zero-order valence-electron chi connectivity index (χ0n) is 12.0. The zero-order valence-corrected chi connectivity index (χ0v) is 12.0. The van der Waals surface area contributed by atoms with E-state index in [2.05, 4.69) is 11.9 Å². The molecule has 1 amide bonds. The fourth-order valence-corrected chi connectivity index (χ4v) is 2.05. The van der Waals surface area contributed by atoms with Gasteiger partial charge in [-0.25, -0.2) is 0 Å². The molecule has 21 heavy (non-hydrogen) atoms. The van der Waals surface area contributed by atoms with Crippen LogP contribution >= 0.6 is 0 Å². The summed E-state index contributed by atoms with van der Waals surface area (Å²) in [5, 5.41) is 2.90. The summed E-state index contributed by atoms with van der Waals surface area (Å²) >= 11 is 0. The van der Waals surface area contributed by atoms with Crippen LogP contribution in [0.2, 0.25) is 0 Å². The number of carbonyl (C=O) groups is 1. The van der Waals surface area contributed by atoms with E-state index in [1.807, 2.05) is 54.6 Å². The van der Waals surface area contributed by atoms with Crippen LogP contribution in [-0.4, -0.2) is 5.91 Å². The molecule has 0 saturated carbocycles. The Labute approximate surface area is 125 Å². The molecule has 2 aromatic rings. The van der Waals surface area contributed by atoms with Crippen molar-refractivity contribution in [2.75, 3.05) is 11.1 Å². The van der Waals surface area contributed by atoms with Crippen molar-refractivity contribution in [1.82, 2.24) is 0 Å². The standard InChI is InChI=1S/C18H20N2O/c1-2-3-4-5-18(21)20-17-12-8-15(9-13-17)14-6-10-16(19)11-7-14/h2,6-13H,1,3-5,19H2,(H,20,21). The van der Waals surface area contributed by atoms with Crippen molar-refractivity contribution in [3.05, 3.63) is 61.2 Å². The second kappa shape index (κ2) is 7.29. The van der Waals surface area contributed by atoms with E-state index in [0.29, 0.717) is 6.42 Å². The fraction of sp³-hybridized carbons (Fsp3) is 0.167. The Bertz CT molecular complexity index is 600. The summed E-state index contributed by atoms with van der Waals surface area (Å²) in [4.78, 5) is 11.7. The molecule has 2 rings (SSSR count). The van der Waals surface area contributed by atoms with E-state index in [-0.39, 0.29) is 5.91 Å². The van der Waals surface area contributed by atoms with E-state index >= 15 is 0 Å². The minimum atomic E-state index is 0.0390. The van der Waals surface area contributed by atoms with Gasteiger partial charge in [-0.05, 0) is 48.2 Å². The van der Waals surface area contributed by atoms with E-state index in [1.54, 1.807) is 0 Å². The summed E-state index contributed by atoms with van der Waals surface area (Å²) in [6, 6.07) is 15.5. The van der Waals surface area contributed by atoms with Gasteiger partial charge in [-0.1, -0.05) is 30.3 Å². The number of allylic oxidation sites excluding steroid dienone is 1. The van der Waals surface area contributed by atoms with Crippen LogP contribution in [0.15, 0.2) is 61.2 Å². The van der Waals surface area contributed by atoms with Crippen molar-refractivity contribution in [3.8, 4) is 11.1 Å². The molecular formula is C18H20N2O. The first kappa shape index (κ1) is 14.9. The molecule has 3 heteroatoms. The third kappa shape index (κ3) is 4.49. The quantitative estimate of drug-likeness (QED) is 0.472. The molecule has 2 aromatic carbocycles. The van der Waals surface area contributed by atoms with E-state index < -0.39 is 0 Å². The molecule has 0 spiro atoms. The summed E-state index contributed by atoms with van der Waals surface area (Å²) in [6.45, 7) is 3.65. The van der Waals surface area contributed by atoms with Gasteiger partial charge in [-0.3, -0.25) is 4.79 Å². The Balaban J connectivity index is 1.97. The third-order valence-electron chi connectivity index (χ3n) is 3.22. The maximum absolute atomic E-state index is 11.7. The molecule has 0 aliphatic rings. The molecule has 0 fully saturated rings. The van der Waals surface area contributed by atoms with Crippen LogP contribution in [0.25, 0.3) is 11.1 Å². The van der Waals surface area contributed by atoms with Gasteiger partial charge in [0.25, 0.3) is 0 Å². The number of amides is 1. The smallest absolute Gasteiger partial charge is 0.224 e. The Morgan fingerprint density at radius 3 is 2.19 bits per heavy atom. The van der Waals surface area contributed by atoms with Gasteiger partial charge in [0, 0.05) is 17.8 Å². The number of anilines is 2. The largest absolute Gasteiger partial charge is 0.399 e. The van der Waals surface area contributed by atoms with Crippen molar-refractivity contribution < 1.29 is 4.79 Å². The maximum Gasteiger partial charge on any atom is 0.224 e. The topological polar surface area (TPSA) is 55.1 Å². The molecule has 0 radical (unpaired) electrons. The monoisotopic (exact) mass is 280 g/mol. The molecule has 0 saturated heterocycles. The highest BCUT2D eigenvalue weighted by atomic mass is 16.1. The molecular weight excluding hydrogens is 260 g/mol. The number of nitrogens with two attached hydrogens (primary N) is 1. The van der Waals surface area contributed by atoms with Gasteiger partial charge in [-0.2, -0.15) is 0 Å². The SMILES string of the molecule is C=CCCCC(=O)Nc1ccc(-c2ccc(N)cc2)cc1. The number of nitrogen functional groups attached to an aromatic ring is 1. The lowest BCUT2D eigenvalue weighted by Gasteiger charge is -2.07. The first-order valence-electron chi connectivity index (χ1n) is 7.06. The fourth-order valence-electron chi connectivity index (χ4n) is 2.05. The second-order valence-corrected chi connectivity index (χ2v) is 4.93. The molecule has 3 nitrogen and oxygen atoms in total. The molecule has 0 heterocycles. The summed E-state index contributed by atoms with van der Waals surface area (Å²) in [5.74, 6) is 0.0390. The number of benzene rings is 2. The first-order chi connectivity index (χ1) is 10.2. The lowest BCUT2D eigenvalue weighted by atomic mass is 10.1. The molecule has 0 aliphatic carbocycles. The number of nitrogens with one attached hydrogen (secondary N) is 1. The zero-order chi connectivity index (χ0) is 15.1. The van der Waals surface area contributed by atoms with Crippen LogP contribution in [0.3, 0.4) is 0 Å². The molecule has 0 aromatic heterocycles. The summed E-state index contributed by atoms with van der Waals surface area (Å²) in [7, 11) is 0. The summed E-state index contributed by atoms with van der Waals surface area (Å²) < 4.78 is 0. The van der Waals surface area contributed by atoms with Crippen LogP contribution in [-0.2, 0) is 4.79 Å². The van der Waals surface area contributed by atoms with Gasteiger partial charge in [0.15, 0.2) is 0 Å². The van der Waals surface area contributed by atoms with Crippen molar-refractivity contribution in [2.45, 2.75) is 19.3 Å². The van der Waals surface area contributed by atoms with Crippen LogP contribution < -0.4 is 11.1 Å². The van der Waals surface area contributed by atoms with E-state index in [0.717, 1.165) is 35.3 Å². The van der Waals surface area contributed by atoms with Gasteiger partial charge in [0.2, 0.25) is 5.91 Å². The third-order valence-corrected chi connectivity index (χ3v) is 3.22. The van der Waals surface area contributed by atoms with Gasteiger partial charge in [-0.15, -0.1) is 6.58 Å². The number of rotatable bonds is 6. The molecule has 0 aliphatic heterocycles. The van der Waals surface area contributed by atoms with Gasteiger partial charge >= 0.3 is 0 Å². The lowest BCUT2D eigenvalue weighted by molar-refractivity contribution is -0.116. The maximum atomic E-state index is 11.7. The molecule has 108 valence electrons. The van der Waals surface area contributed by atoms with E-state index in [1.165, 1.54) is 0 Å². The summed E-state index contributed by atoms with van der Waals surface area (Å²) in [6.07, 6.45) is 4.04. The van der Waals surface area contributed by atoms with Crippen molar-refractivity contribution in [2.24, 2.45) is 0 Å². The Morgan fingerprint density at radius 1 is 1.05 bits per heavy atom. The number of hydrogen-bond donors (Lipinski definition) is 2. The first-order valence-corrected chi connectivity index (χ1v) is 7.06. The number of carbonyl (C=O) groups excluding carboxylic acids is 1. The summed E-state index contributed by atoms with van der Waals surface area (Å²) in [5.41, 5.74) is 9.45. The van der Waals surface area contributed by atoms with Gasteiger partial charge in [0.05, 0.1) is 0 Å². The highest BCUT2D eigenvalue weighted by molar-refractivity contribution is 5.91. The van der Waals surface area contributed by atoms with Crippen LogP contribution in [0.5, 0.6) is 0 Å². The van der Waals surface area contributed by atoms with Gasteiger partial charge in [0.1, 0.15) is 0 Å². The van der Waals surface area contributed by atoms with Gasteiger partial charge < -0.3 is 11.1 Å². The van der Waals surface area contributed by atoms with E-state index in [4.69, 9.17) is 5.73 Å². The van der Waals surface area contributed by atoms with Crippen LogP contribution in [0.1, 0.15) is 19.3 Å². The van der Waals surface area contributed by atoms with Crippen molar-refractivity contribution >= 4 is 17.3 Å². The lowest BCUT2D eigenvalue weighted by Crippen LogP contribution is -2.10. The molecule has 0 bridgehead atoms. The highest BCUT2D eigenvalue weighted by Crippen LogP contribution is 2.22. The van der Waals surface area contributed by atoms with Crippen LogP contribution in [0.4, 0.5) is 11.4 Å². The van der Waals surface area contributed by atoms with E-state index in [9.17, 15) is 4.79 Å². The molecule has 0 unspecified atom stereocenters. The minimum absolute atomic E-state index is 0.0390. The second-order valence-electron chi connectivity index (χ2n) is 4.93. The van der Waals surface area contributed by atoms with Crippen LogP contribution in [0, 0.1) is 0 Å². The normalized spacial score (nSPS) is 10.1.